The Hall–Kier alpha value is -2.86. The maximum Gasteiger partial charge on any atom is 0.317 e. The average molecular weight is 356 g/mol. The minimum Gasteiger partial charge on any atom is -0.497 e. The van der Waals surface area contributed by atoms with Crippen LogP contribution in [0.15, 0.2) is 48.5 Å². The third-order valence-corrected chi connectivity index (χ3v) is 3.99. The first-order chi connectivity index (χ1) is 12.4. The van der Waals surface area contributed by atoms with E-state index in [0.29, 0.717) is 23.5 Å². The number of carboxylic acids is 1. The number of hydrogen-bond donors (Lipinski definition) is 2. The van der Waals surface area contributed by atoms with E-state index in [-0.39, 0.29) is 18.5 Å². The molecule has 0 unspecified atom stereocenters. The molecule has 0 aliphatic carbocycles. The van der Waals surface area contributed by atoms with Gasteiger partial charge in [-0.1, -0.05) is 12.1 Å². The van der Waals surface area contributed by atoms with E-state index in [9.17, 15) is 9.59 Å². The van der Waals surface area contributed by atoms with E-state index in [1.807, 2.05) is 43.0 Å². The third kappa shape index (κ3) is 5.60. The molecule has 0 heterocycles. The van der Waals surface area contributed by atoms with Crippen LogP contribution in [-0.2, 0) is 11.3 Å². The minimum absolute atomic E-state index is 0.0277. The lowest BCUT2D eigenvalue weighted by Gasteiger charge is -2.24. The summed E-state index contributed by atoms with van der Waals surface area (Å²) in [5.74, 6) is -0.380. The maximum absolute atomic E-state index is 12.4. The van der Waals surface area contributed by atoms with Crippen LogP contribution < -0.4 is 10.1 Å². The van der Waals surface area contributed by atoms with Crippen LogP contribution in [0.3, 0.4) is 0 Å². The first-order valence-corrected chi connectivity index (χ1v) is 8.39. The lowest BCUT2D eigenvalue weighted by molar-refractivity contribution is -0.138. The second-order valence-electron chi connectivity index (χ2n) is 6.28. The standard InChI is InChI=1S/C20H24N2O4/c1-14(2)22(13-19(23)24)12-15-5-4-6-17(11-15)21-20(25)16-7-9-18(26-3)10-8-16/h4-11,14H,12-13H2,1-3H3,(H,21,25)(H,23,24). The number of benzene rings is 2. The number of carbonyl (C=O) groups excluding carboxylic acids is 1. The molecule has 2 aromatic rings. The molecule has 0 bridgehead atoms. The molecule has 0 aliphatic heterocycles. The summed E-state index contributed by atoms with van der Waals surface area (Å²) in [6, 6.07) is 14.4. The highest BCUT2D eigenvalue weighted by Gasteiger charge is 2.14. The second-order valence-corrected chi connectivity index (χ2v) is 6.28. The number of nitrogens with zero attached hydrogens (tertiary/aromatic N) is 1. The number of methoxy groups -OCH3 is 1. The van der Waals surface area contributed by atoms with Crippen LogP contribution in [-0.4, -0.2) is 41.6 Å². The molecule has 0 spiro atoms. The Morgan fingerprint density at radius 2 is 1.85 bits per heavy atom. The summed E-state index contributed by atoms with van der Waals surface area (Å²) in [7, 11) is 1.57. The Balaban J connectivity index is 2.07. The fraction of sp³-hybridized carbons (Fsp3) is 0.300. The third-order valence-electron chi connectivity index (χ3n) is 3.99. The molecular weight excluding hydrogens is 332 g/mol. The predicted octanol–water partition coefficient (Wildman–Crippen LogP) is 3.24. The molecule has 26 heavy (non-hydrogen) atoms. The molecule has 0 fully saturated rings. The van der Waals surface area contributed by atoms with Crippen molar-refractivity contribution in [2.75, 3.05) is 19.0 Å². The Kier molecular flexibility index (Phi) is 6.74. The van der Waals surface area contributed by atoms with Crippen LogP contribution >= 0.6 is 0 Å². The zero-order chi connectivity index (χ0) is 19.1. The zero-order valence-electron chi connectivity index (χ0n) is 15.2. The van der Waals surface area contributed by atoms with E-state index in [1.165, 1.54) is 0 Å². The van der Waals surface area contributed by atoms with Crippen LogP contribution in [0.5, 0.6) is 5.75 Å². The van der Waals surface area contributed by atoms with E-state index in [1.54, 1.807) is 31.4 Å². The van der Waals surface area contributed by atoms with Gasteiger partial charge in [0.1, 0.15) is 5.75 Å². The molecule has 2 aromatic carbocycles. The van der Waals surface area contributed by atoms with Gasteiger partial charge in [-0.25, -0.2) is 0 Å². The van der Waals surface area contributed by atoms with E-state index in [4.69, 9.17) is 9.84 Å². The number of carboxylic acid groups (broad SMARTS) is 1. The Morgan fingerprint density at radius 1 is 1.15 bits per heavy atom. The van der Waals surface area contributed by atoms with Crippen LogP contribution in [0.1, 0.15) is 29.8 Å². The first kappa shape index (κ1) is 19.5. The summed E-state index contributed by atoms with van der Waals surface area (Å²) < 4.78 is 5.09. The van der Waals surface area contributed by atoms with Gasteiger partial charge in [0.05, 0.1) is 13.7 Å². The number of carbonyl (C=O) groups is 2. The summed E-state index contributed by atoms with van der Waals surface area (Å²) in [6.45, 7) is 4.38. The van der Waals surface area contributed by atoms with Gasteiger partial charge >= 0.3 is 5.97 Å². The monoisotopic (exact) mass is 356 g/mol. The summed E-state index contributed by atoms with van der Waals surface area (Å²) in [5, 5.41) is 11.9. The molecule has 6 nitrogen and oxygen atoms in total. The number of ether oxygens (including phenoxy) is 1. The summed E-state index contributed by atoms with van der Waals surface area (Å²) in [4.78, 5) is 25.2. The molecule has 1 amide bonds. The van der Waals surface area contributed by atoms with Gasteiger partial charge in [-0.15, -0.1) is 0 Å². The number of aliphatic carboxylic acids is 1. The number of anilines is 1. The van der Waals surface area contributed by atoms with Gasteiger partial charge in [0.15, 0.2) is 0 Å². The molecule has 0 saturated heterocycles. The van der Waals surface area contributed by atoms with Crippen molar-refractivity contribution >= 4 is 17.6 Å². The molecule has 6 heteroatoms. The maximum atomic E-state index is 12.4. The van der Waals surface area contributed by atoms with Gasteiger partial charge in [-0.3, -0.25) is 14.5 Å². The lowest BCUT2D eigenvalue weighted by atomic mass is 10.1. The van der Waals surface area contributed by atoms with Crippen molar-refractivity contribution in [2.45, 2.75) is 26.4 Å². The van der Waals surface area contributed by atoms with E-state index >= 15 is 0 Å². The van der Waals surface area contributed by atoms with Crippen molar-refractivity contribution in [1.82, 2.24) is 4.90 Å². The van der Waals surface area contributed by atoms with Crippen molar-refractivity contribution in [3.8, 4) is 5.75 Å². The molecule has 0 saturated carbocycles. The summed E-state index contributed by atoms with van der Waals surface area (Å²) >= 11 is 0. The van der Waals surface area contributed by atoms with E-state index < -0.39 is 5.97 Å². The highest BCUT2D eigenvalue weighted by Crippen LogP contribution is 2.16. The molecule has 138 valence electrons. The van der Waals surface area contributed by atoms with Crippen molar-refractivity contribution in [1.29, 1.82) is 0 Å². The van der Waals surface area contributed by atoms with Crippen LogP contribution in [0.4, 0.5) is 5.69 Å². The lowest BCUT2D eigenvalue weighted by Crippen LogP contribution is -2.35. The van der Waals surface area contributed by atoms with E-state index in [2.05, 4.69) is 5.32 Å². The molecule has 2 N–H and O–H groups in total. The van der Waals surface area contributed by atoms with Gasteiger partial charge in [0.2, 0.25) is 0 Å². The molecule has 2 rings (SSSR count). The van der Waals surface area contributed by atoms with Gasteiger partial charge in [-0.05, 0) is 55.8 Å². The highest BCUT2D eigenvalue weighted by atomic mass is 16.5. The van der Waals surface area contributed by atoms with Crippen molar-refractivity contribution in [3.05, 3.63) is 59.7 Å². The molecular formula is C20H24N2O4. The van der Waals surface area contributed by atoms with Gasteiger partial charge in [0, 0.05) is 23.8 Å². The quantitative estimate of drug-likeness (QED) is 0.759. The number of nitrogens with one attached hydrogen (secondary N) is 1. The Labute approximate surface area is 153 Å². The first-order valence-electron chi connectivity index (χ1n) is 8.39. The van der Waals surface area contributed by atoms with Crippen molar-refractivity contribution in [3.63, 3.8) is 0 Å². The molecule has 0 radical (unpaired) electrons. The number of hydrogen-bond acceptors (Lipinski definition) is 4. The van der Waals surface area contributed by atoms with Crippen LogP contribution in [0, 0.1) is 0 Å². The van der Waals surface area contributed by atoms with E-state index in [0.717, 1.165) is 5.56 Å². The average Bonchev–Trinajstić information content (AvgIpc) is 2.61. The Bertz CT molecular complexity index is 757. The minimum atomic E-state index is -0.859. The zero-order valence-corrected chi connectivity index (χ0v) is 15.2. The largest absolute Gasteiger partial charge is 0.497 e. The summed E-state index contributed by atoms with van der Waals surface area (Å²) in [5.41, 5.74) is 2.14. The fourth-order valence-electron chi connectivity index (χ4n) is 2.52. The van der Waals surface area contributed by atoms with Crippen molar-refractivity contribution in [2.24, 2.45) is 0 Å². The summed E-state index contributed by atoms with van der Waals surface area (Å²) in [6.07, 6.45) is 0. The van der Waals surface area contributed by atoms with Gasteiger partial charge in [-0.2, -0.15) is 0 Å². The van der Waals surface area contributed by atoms with Gasteiger partial charge in [0.25, 0.3) is 5.91 Å². The van der Waals surface area contributed by atoms with Crippen molar-refractivity contribution < 1.29 is 19.4 Å². The smallest absolute Gasteiger partial charge is 0.317 e. The predicted molar refractivity (Wildman–Crippen MR) is 101 cm³/mol. The highest BCUT2D eigenvalue weighted by molar-refractivity contribution is 6.04. The molecule has 0 atom stereocenters. The second kappa shape index (κ2) is 9.01. The van der Waals surface area contributed by atoms with Crippen LogP contribution in [0.25, 0.3) is 0 Å². The van der Waals surface area contributed by atoms with Gasteiger partial charge < -0.3 is 15.2 Å². The Morgan fingerprint density at radius 3 is 2.42 bits per heavy atom. The number of amides is 1. The molecule has 0 aromatic heterocycles. The fourth-order valence-corrected chi connectivity index (χ4v) is 2.52. The van der Waals surface area contributed by atoms with Crippen LogP contribution in [0.2, 0.25) is 0 Å². The molecule has 0 aliphatic rings. The normalized spacial score (nSPS) is 10.8. The SMILES string of the molecule is COc1ccc(C(=O)Nc2cccc(CN(CC(=O)O)C(C)C)c2)cc1. The number of rotatable bonds is 8. The topological polar surface area (TPSA) is 78.9 Å².